The van der Waals surface area contributed by atoms with E-state index in [2.05, 4.69) is 20.5 Å². The third-order valence-electron chi connectivity index (χ3n) is 3.44. The van der Waals surface area contributed by atoms with Gasteiger partial charge in [0.15, 0.2) is 0 Å². The molecule has 3 rings (SSSR count). The minimum absolute atomic E-state index is 0.144. The van der Waals surface area contributed by atoms with Crippen molar-refractivity contribution < 1.29 is 9.72 Å². The molecule has 134 valence electrons. The summed E-state index contributed by atoms with van der Waals surface area (Å²) in [5.74, 6) is 0.371. The Morgan fingerprint density at radius 2 is 2.19 bits per heavy atom. The lowest BCUT2D eigenvalue weighted by Gasteiger charge is -2.10. The summed E-state index contributed by atoms with van der Waals surface area (Å²) in [6, 6.07) is 10.0. The second kappa shape index (κ2) is 8.11. The van der Waals surface area contributed by atoms with Crippen molar-refractivity contribution in [1.29, 1.82) is 0 Å². The normalized spacial score (nSPS) is 11.9. The van der Waals surface area contributed by atoms with Crippen LogP contribution in [0.1, 0.15) is 17.6 Å². The average molecular weight is 389 g/mol. The van der Waals surface area contributed by atoms with Crippen molar-refractivity contribution in [2.24, 2.45) is 0 Å². The summed E-state index contributed by atoms with van der Waals surface area (Å²) >= 11 is 2.82. The van der Waals surface area contributed by atoms with E-state index in [9.17, 15) is 14.9 Å². The Labute approximate surface area is 157 Å². The third-order valence-corrected chi connectivity index (χ3v) is 5.28. The number of hydrogen-bond acceptors (Lipinski definition) is 7. The fraction of sp³-hybridized carbons (Fsp3) is 0.188. The highest BCUT2D eigenvalue weighted by Crippen LogP contribution is 2.26. The van der Waals surface area contributed by atoms with Gasteiger partial charge in [-0.3, -0.25) is 20.0 Å². The molecule has 0 radical (unpaired) electrons. The van der Waals surface area contributed by atoms with Crippen LogP contribution in [0.3, 0.4) is 0 Å². The van der Waals surface area contributed by atoms with E-state index in [1.165, 1.54) is 28.8 Å². The first kappa shape index (κ1) is 18.1. The number of amides is 1. The fourth-order valence-corrected chi connectivity index (χ4v) is 3.62. The molecule has 3 aromatic rings. The minimum Gasteiger partial charge on any atom is -0.319 e. The van der Waals surface area contributed by atoms with E-state index in [1.807, 2.05) is 17.5 Å². The maximum absolute atomic E-state index is 12.3. The Morgan fingerprint density at radius 1 is 1.38 bits per heavy atom. The smallest absolute Gasteiger partial charge is 0.292 e. The van der Waals surface area contributed by atoms with E-state index in [-0.39, 0.29) is 17.3 Å². The molecule has 2 aromatic heterocycles. The number of para-hydroxylation sites is 2. The van der Waals surface area contributed by atoms with E-state index in [0.717, 1.165) is 5.82 Å². The average Bonchev–Trinajstić information content (AvgIpc) is 3.27. The molecule has 2 N–H and O–H groups in total. The number of aromatic amines is 1. The number of aromatic nitrogens is 3. The van der Waals surface area contributed by atoms with Crippen LogP contribution in [-0.4, -0.2) is 31.3 Å². The van der Waals surface area contributed by atoms with E-state index >= 15 is 0 Å². The summed E-state index contributed by atoms with van der Waals surface area (Å²) in [4.78, 5) is 28.4. The molecule has 1 amide bonds. The minimum atomic E-state index is -0.528. The number of nitro groups is 1. The highest BCUT2D eigenvalue weighted by molar-refractivity contribution is 8.00. The van der Waals surface area contributed by atoms with Gasteiger partial charge in [0.25, 0.3) is 5.69 Å². The Kier molecular flexibility index (Phi) is 5.64. The van der Waals surface area contributed by atoms with Crippen LogP contribution in [0.2, 0.25) is 0 Å². The van der Waals surface area contributed by atoms with Crippen molar-refractivity contribution in [2.75, 3.05) is 5.32 Å². The van der Waals surface area contributed by atoms with Crippen LogP contribution in [-0.2, 0) is 11.2 Å². The molecule has 1 atom stereocenters. The van der Waals surface area contributed by atoms with Crippen molar-refractivity contribution in [1.82, 2.24) is 15.2 Å². The first-order valence-corrected chi connectivity index (χ1v) is 9.43. The number of carbonyl (C=O) groups excluding carboxylic acids is 1. The van der Waals surface area contributed by atoms with Crippen molar-refractivity contribution in [2.45, 2.75) is 23.8 Å². The molecule has 0 bridgehead atoms. The van der Waals surface area contributed by atoms with Gasteiger partial charge in [0.1, 0.15) is 11.5 Å². The van der Waals surface area contributed by atoms with Crippen molar-refractivity contribution in [3.05, 3.63) is 62.6 Å². The van der Waals surface area contributed by atoms with Crippen LogP contribution in [0.15, 0.2) is 46.9 Å². The van der Waals surface area contributed by atoms with Gasteiger partial charge in [-0.15, -0.1) is 16.4 Å². The van der Waals surface area contributed by atoms with Crippen molar-refractivity contribution in [3.63, 3.8) is 0 Å². The van der Waals surface area contributed by atoms with Gasteiger partial charge in [-0.05, 0) is 24.4 Å². The predicted octanol–water partition coefficient (Wildman–Crippen LogP) is 3.48. The Morgan fingerprint density at radius 3 is 2.92 bits per heavy atom. The second-order valence-corrected chi connectivity index (χ2v) is 7.68. The van der Waals surface area contributed by atoms with Crippen molar-refractivity contribution >= 4 is 40.4 Å². The lowest BCUT2D eigenvalue weighted by atomic mass is 10.2. The topological polar surface area (TPSA) is 114 Å². The zero-order valence-corrected chi connectivity index (χ0v) is 15.3. The van der Waals surface area contributed by atoms with Gasteiger partial charge in [-0.2, -0.15) is 0 Å². The lowest BCUT2D eigenvalue weighted by molar-refractivity contribution is -0.383. The Bertz CT molecular complexity index is 910. The summed E-state index contributed by atoms with van der Waals surface area (Å²) in [5.41, 5.74) is 0.0255. The number of nitrogens with zero attached hydrogens (tertiary/aromatic N) is 3. The van der Waals surface area contributed by atoms with Crippen LogP contribution in [0.25, 0.3) is 0 Å². The van der Waals surface area contributed by atoms with Gasteiger partial charge < -0.3 is 5.32 Å². The maximum Gasteiger partial charge on any atom is 0.292 e. The van der Waals surface area contributed by atoms with Crippen LogP contribution in [0.4, 0.5) is 11.4 Å². The summed E-state index contributed by atoms with van der Waals surface area (Å²) in [6.07, 6.45) is 0.655. The summed E-state index contributed by atoms with van der Waals surface area (Å²) < 4.78 is 0. The fourth-order valence-electron chi connectivity index (χ4n) is 2.17. The molecule has 26 heavy (non-hydrogen) atoms. The zero-order valence-electron chi connectivity index (χ0n) is 13.7. The first-order valence-electron chi connectivity index (χ1n) is 7.67. The number of carbonyl (C=O) groups is 1. The summed E-state index contributed by atoms with van der Waals surface area (Å²) in [5, 5.41) is 22.5. The molecule has 2 heterocycles. The van der Waals surface area contributed by atoms with E-state index in [4.69, 9.17) is 0 Å². The van der Waals surface area contributed by atoms with Crippen LogP contribution in [0, 0.1) is 10.1 Å². The van der Waals surface area contributed by atoms with Crippen LogP contribution < -0.4 is 5.32 Å². The Hall–Kier alpha value is -2.72. The van der Waals surface area contributed by atoms with Gasteiger partial charge in [0.05, 0.1) is 10.2 Å². The molecule has 1 aromatic carbocycles. The van der Waals surface area contributed by atoms with E-state index < -0.39 is 10.2 Å². The second-order valence-electron chi connectivity index (χ2n) is 5.34. The molecule has 0 aliphatic rings. The molecule has 0 saturated heterocycles. The SMILES string of the molecule is CC(Sc1n[nH]c(Cc2cccs2)n1)C(=O)Nc1ccccc1[N+](=O)[O-]. The predicted molar refractivity (Wildman–Crippen MR) is 101 cm³/mol. The largest absolute Gasteiger partial charge is 0.319 e. The highest BCUT2D eigenvalue weighted by Gasteiger charge is 2.21. The molecule has 0 fully saturated rings. The maximum atomic E-state index is 12.3. The number of hydrogen-bond donors (Lipinski definition) is 2. The van der Waals surface area contributed by atoms with Gasteiger partial charge in [-0.1, -0.05) is 30.0 Å². The lowest BCUT2D eigenvalue weighted by Crippen LogP contribution is -2.23. The first-order chi connectivity index (χ1) is 12.5. The molecular weight excluding hydrogens is 374 g/mol. The van der Waals surface area contributed by atoms with Gasteiger partial charge in [-0.25, -0.2) is 4.98 Å². The molecule has 0 aliphatic heterocycles. The summed E-state index contributed by atoms with van der Waals surface area (Å²) in [7, 11) is 0. The standard InChI is InChI=1S/C16H15N5O3S2/c1-10(15(22)17-12-6-2-3-7-13(12)21(23)24)26-16-18-14(19-20-16)9-11-5-4-8-25-11/h2-8,10H,9H2,1H3,(H,17,22)(H,18,19,20). The highest BCUT2D eigenvalue weighted by atomic mass is 32.2. The van der Waals surface area contributed by atoms with Crippen molar-refractivity contribution in [3.8, 4) is 0 Å². The molecule has 0 saturated carbocycles. The van der Waals surface area contributed by atoms with Gasteiger partial charge in [0.2, 0.25) is 11.1 Å². The van der Waals surface area contributed by atoms with E-state index in [1.54, 1.807) is 30.4 Å². The number of thiophene rings is 1. The molecule has 8 nitrogen and oxygen atoms in total. The van der Waals surface area contributed by atoms with Gasteiger partial charge in [0, 0.05) is 17.4 Å². The zero-order chi connectivity index (χ0) is 18.5. The van der Waals surface area contributed by atoms with E-state index in [0.29, 0.717) is 11.6 Å². The molecular formula is C16H15N5O3S2. The number of nitrogens with one attached hydrogen (secondary N) is 2. The monoisotopic (exact) mass is 389 g/mol. The molecule has 1 unspecified atom stereocenters. The number of rotatable bonds is 7. The number of anilines is 1. The number of benzene rings is 1. The quantitative estimate of drug-likeness (QED) is 0.363. The number of thioether (sulfide) groups is 1. The number of H-pyrrole nitrogens is 1. The summed E-state index contributed by atoms with van der Waals surface area (Å²) in [6.45, 7) is 1.70. The van der Waals surface area contributed by atoms with Crippen LogP contribution in [0.5, 0.6) is 0 Å². The van der Waals surface area contributed by atoms with Gasteiger partial charge >= 0.3 is 0 Å². The Balaban J connectivity index is 1.61. The molecule has 10 heteroatoms. The third kappa shape index (κ3) is 4.46. The number of nitro benzene ring substituents is 1. The molecule has 0 aliphatic carbocycles. The molecule has 0 spiro atoms. The van der Waals surface area contributed by atoms with Crippen LogP contribution >= 0.6 is 23.1 Å².